The summed E-state index contributed by atoms with van der Waals surface area (Å²) in [6.45, 7) is 12.4. The fourth-order valence-electron chi connectivity index (χ4n) is 6.53. The van der Waals surface area contributed by atoms with Crippen molar-refractivity contribution in [3.05, 3.63) is 131 Å². The largest absolute Gasteiger partial charge is 0.435 e. The zero-order valence-electron chi connectivity index (χ0n) is 29.7. The van der Waals surface area contributed by atoms with Crippen LogP contribution in [0.25, 0.3) is 68.1 Å². The van der Waals surface area contributed by atoms with Crippen LogP contribution in [0.15, 0.2) is 130 Å². The van der Waals surface area contributed by atoms with E-state index >= 15 is 0 Å². The molecule has 6 nitrogen and oxygen atoms in total. The van der Waals surface area contributed by atoms with Gasteiger partial charge in [0.1, 0.15) is 11.4 Å². The van der Waals surface area contributed by atoms with Gasteiger partial charge < -0.3 is 18.6 Å². The summed E-state index contributed by atoms with van der Waals surface area (Å²) in [6.07, 6.45) is 0. The van der Waals surface area contributed by atoms with Crippen molar-refractivity contribution in [3.8, 4) is 68.1 Å². The highest BCUT2D eigenvalue weighted by Gasteiger charge is 2.23. The number of halogens is 2. The van der Waals surface area contributed by atoms with Gasteiger partial charge in [0.25, 0.3) is 0 Å². The first-order chi connectivity index (χ1) is 25.4. The normalized spacial score (nSPS) is 11.2. The number of aromatic nitrogens is 2. The number of benzene rings is 5. The van der Waals surface area contributed by atoms with Crippen LogP contribution < -0.4 is 9.80 Å². The Balaban J connectivity index is 1.26. The molecule has 0 N–H and O–H groups in total. The van der Waals surface area contributed by atoms with E-state index in [9.17, 15) is 0 Å². The number of rotatable bonds is 12. The first-order valence-electron chi connectivity index (χ1n) is 17.7. The molecule has 0 amide bonds. The van der Waals surface area contributed by atoms with Crippen molar-refractivity contribution in [2.24, 2.45) is 0 Å². The van der Waals surface area contributed by atoms with Crippen molar-refractivity contribution >= 4 is 34.6 Å². The topological polar surface area (TPSA) is 58.5 Å². The van der Waals surface area contributed by atoms with Gasteiger partial charge in [0.05, 0.1) is 10.0 Å². The van der Waals surface area contributed by atoms with Crippen LogP contribution in [0.4, 0.5) is 11.4 Å². The summed E-state index contributed by atoms with van der Waals surface area (Å²) in [5.41, 5.74) is 8.87. The monoisotopic (exact) mass is 726 g/mol. The number of hydrogen-bond donors (Lipinski definition) is 0. The summed E-state index contributed by atoms with van der Waals surface area (Å²) in [5.74, 6) is 2.22. The molecule has 0 saturated heterocycles. The van der Waals surface area contributed by atoms with E-state index in [-0.39, 0.29) is 0 Å². The molecular weight excluding hydrogens is 687 g/mol. The summed E-state index contributed by atoms with van der Waals surface area (Å²) in [4.78, 5) is 14.7. The molecule has 0 unspecified atom stereocenters. The molecular formula is C44H40Cl2N4O2. The standard InChI is InChI=1S/C44H40Cl2N4O2/c1-5-49(6-2)33-25-21-29(22-26-33)39-41(35-13-9-11-15-37(35)45)51-43(47-39)31-17-19-32(20-18-31)44-48-40(42(52-44)36-14-10-12-16-38(36)46)30-23-27-34(28-24-30)50(7-3)8-4/h9-28H,5-8H2,1-4H3. The van der Waals surface area contributed by atoms with E-state index in [1.165, 1.54) is 0 Å². The lowest BCUT2D eigenvalue weighted by molar-refractivity contribution is 0.587. The minimum absolute atomic E-state index is 0.488. The lowest BCUT2D eigenvalue weighted by Gasteiger charge is -2.21. The van der Waals surface area contributed by atoms with E-state index in [2.05, 4.69) is 86.0 Å². The van der Waals surface area contributed by atoms with Crippen LogP contribution in [0.3, 0.4) is 0 Å². The van der Waals surface area contributed by atoms with Gasteiger partial charge in [-0.3, -0.25) is 0 Å². The van der Waals surface area contributed by atoms with Crippen LogP contribution in [0.5, 0.6) is 0 Å². The van der Waals surface area contributed by atoms with Crippen LogP contribution in [-0.2, 0) is 0 Å². The van der Waals surface area contributed by atoms with Crippen LogP contribution in [0.1, 0.15) is 27.7 Å². The Morgan fingerprint density at radius 2 is 0.769 bits per heavy atom. The third-order valence-electron chi connectivity index (χ3n) is 9.41. The summed E-state index contributed by atoms with van der Waals surface area (Å²) >= 11 is 13.4. The number of hydrogen-bond acceptors (Lipinski definition) is 6. The molecule has 0 fully saturated rings. The van der Waals surface area contributed by atoms with Crippen molar-refractivity contribution < 1.29 is 8.83 Å². The Kier molecular flexibility index (Phi) is 10.5. The first-order valence-corrected chi connectivity index (χ1v) is 18.5. The van der Waals surface area contributed by atoms with Gasteiger partial charge in [-0.05, 0) is 100 Å². The zero-order valence-corrected chi connectivity index (χ0v) is 31.2. The molecule has 0 bridgehead atoms. The molecule has 0 aliphatic rings. The molecule has 7 rings (SSSR count). The van der Waals surface area contributed by atoms with Gasteiger partial charge in [-0.2, -0.15) is 0 Å². The van der Waals surface area contributed by atoms with Crippen molar-refractivity contribution in [2.45, 2.75) is 27.7 Å². The maximum atomic E-state index is 6.69. The highest BCUT2D eigenvalue weighted by Crippen LogP contribution is 2.42. The average molecular weight is 728 g/mol. The Bertz CT molecular complexity index is 2110. The minimum atomic E-state index is 0.488. The number of oxazole rings is 2. The number of nitrogens with zero attached hydrogens (tertiary/aromatic N) is 4. The molecule has 2 aromatic heterocycles. The second-order valence-electron chi connectivity index (χ2n) is 12.4. The molecule has 0 spiro atoms. The Hall–Kier alpha value is -5.30. The van der Waals surface area contributed by atoms with Crippen LogP contribution >= 0.6 is 23.2 Å². The maximum Gasteiger partial charge on any atom is 0.227 e. The van der Waals surface area contributed by atoms with E-state index in [0.717, 1.165) is 82.3 Å². The molecule has 0 radical (unpaired) electrons. The Morgan fingerprint density at radius 1 is 0.442 bits per heavy atom. The van der Waals surface area contributed by atoms with E-state index in [4.69, 9.17) is 42.0 Å². The highest BCUT2D eigenvalue weighted by atomic mass is 35.5. The molecule has 0 saturated carbocycles. The Morgan fingerprint density at radius 3 is 1.10 bits per heavy atom. The van der Waals surface area contributed by atoms with Crippen molar-refractivity contribution in [1.82, 2.24) is 9.97 Å². The molecule has 0 atom stereocenters. The molecule has 0 aliphatic carbocycles. The quantitative estimate of drug-likeness (QED) is 0.125. The number of anilines is 2. The zero-order chi connectivity index (χ0) is 36.2. The summed E-state index contributed by atoms with van der Waals surface area (Å²) in [7, 11) is 0. The van der Waals surface area contributed by atoms with Gasteiger partial charge in [0.15, 0.2) is 11.5 Å². The van der Waals surface area contributed by atoms with Gasteiger partial charge in [-0.1, -0.05) is 71.7 Å². The molecule has 0 aliphatic heterocycles. The smallest absolute Gasteiger partial charge is 0.227 e. The van der Waals surface area contributed by atoms with Gasteiger partial charge in [0, 0.05) is 70.9 Å². The molecule has 5 aromatic carbocycles. The molecule has 262 valence electrons. The Labute approximate surface area is 315 Å². The summed E-state index contributed by atoms with van der Waals surface area (Å²) < 4.78 is 13.0. The highest BCUT2D eigenvalue weighted by molar-refractivity contribution is 6.33. The fourth-order valence-corrected chi connectivity index (χ4v) is 6.97. The van der Waals surface area contributed by atoms with Crippen LogP contribution in [0.2, 0.25) is 10.0 Å². The van der Waals surface area contributed by atoms with Crippen molar-refractivity contribution in [1.29, 1.82) is 0 Å². The predicted molar refractivity (Wildman–Crippen MR) is 216 cm³/mol. The van der Waals surface area contributed by atoms with Crippen molar-refractivity contribution in [3.63, 3.8) is 0 Å². The first kappa shape index (κ1) is 35.1. The molecule has 8 heteroatoms. The van der Waals surface area contributed by atoms with Gasteiger partial charge in [-0.25, -0.2) is 9.97 Å². The fraction of sp³-hybridized carbons (Fsp3) is 0.182. The summed E-state index contributed by atoms with van der Waals surface area (Å²) in [5, 5.41) is 1.19. The third-order valence-corrected chi connectivity index (χ3v) is 10.1. The SMILES string of the molecule is CCN(CC)c1ccc(-c2nc(-c3ccc(-c4nc(-c5ccc(N(CC)CC)cc5)c(-c5ccccc5Cl)o4)cc3)oc2-c2ccccc2Cl)cc1. The molecule has 7 aromatic rings. The van der Waals surface area contributed by atoms with Crippen LogP contribution in [-0.4, -0.2) is 36.1 Å². The van der Waals surface area contributed by atoms with E-state index in [1.807, 2.05) is 72.8 Å². The van der Waals surface area contributed by atoms with E-state index in [1.54, 1.807) is 0 Å². The van der Waals surface area contributed by atoms with E-state index in [0.29, 0.717) is 33.3 Å². The minimum Gasteiger partial charge on any atom is -0.435 e. The maximum absolute atomic E-state index is 6.69. The van der Waals surface area contributed by atoms with Gasteiger partial charge >= 0.3 is 0 Å². The van der Waals surface area contributed by atoms with Crippen LogP contribution in [0, 0.1) is 0 Å². The summed E-state index contributed by atoms with van der Waals surface area (Å²) in [6, 6.07) is 40.1. The van der Waals surface area contributed by atoms with Crippen molar-refractivity contribution in [2.75, 3.05) is 36.0 Å². The average Bonchev–Trinajstić information content (AvgIpc) is 3.83. The predicted octanol–water partition coefficient (Wildman–Crippen LogP) is 12.7. The van der Waals surface area contributed by atoms with E-state index < -0.39 is 0 Å². The second-order valence-corrected chi connectivity index (χ2v) is 13.2. The second kappa shape index (κ2) is 15.5. The molecule has 52 heavy (non-hydrogen) atoms. The van der Waals surface area contributed by atoms with Gasteiger partial charge in [-0.15, -0.1) is 0 Å². The lowest BCUT2D eigenvalue weighted by Crippen LogP contribution is -2.21. The van der Waals surface area contributed by atoms with Gasteiger partial charge in [0.2, 0.25) is 11.8 Å². The molecule has 2 heterocycles. The lowest BCUT2D eigenvalue weighted by atomic mass is 10.1. The third kappa shape index (κ3) is 6.97.